The second-order valence-corrected chi connectivity index (χ2v) is 6.44. The predicted molar refractivity (Wildman–Crippen MR) is 79.3 cm³/mol. The van der Waals surface area contributed by atoms with Crippen LogP contribution in [0.25, 0.3) is 0 Å². The highest BCUT2D eigenvalue weighted by atomic mass is 35.5. The molecule has 0 bridgehead atoms. The second-order valence-electron chi connectivity index (χ2n) is 4.51. The summed E-state index contributed by atoms with van der Waals surface area (Å²) in [5.74, 6) is 0. The summed E-state index contributed by atoms with van der Waals surface area (Å²) in [6.07, 6.45) is 1.79. The van der Waals surface area contributed by atoms with Gasteiger partial charge in [0.2, 0.25) is 10.0 Å². The molecule has 0 radical (unpaired) electrons. The van der Waals surface area contributed by atoms with Crippen LogP contribution in [0.1, 0.15) is 18.9 Å². The lowest BCUT2D eigenvalue weighted by Gasteiger charge is -2.19. The van der Waals surface area contributed by atoms with Gasteiger partial charge in [0.05, 0.1) is 4.90 Å². The van der Waals surface area contributed by atoms with Gasteiger partial charge in [-0.2, -0.15) is 4.31 Å². The third kappa shape index (κ3) is 3.92. The van der Waals surface area contributed by atoms with Gasteiger partial charge in [-0.3, -0.25) is 0 Å². The molecule has 0 aliphatic carbocycles. The Morgan fingerprint density at radius 1 is 1.16 bits per heavy atom. The van der Waals surface area contributed by atoms with Crippen LogP contribution >= 0.6 is 12.4 Å². The van der Waals surface area contributed by atoms with E-state index in [1.54, 1.807) is 16.4 Å². The quantitative estimate of drug-likeness (QED) is 0.924. The van der Waals surface area contributed by atoms with Gasteiger partial charge in [-0.25, -0.2) is 8.42 Å². The number of nitrogens with one attached hydrogen (secondary N) is 1. The van der Waals surface area contributed by atoms with Gasteiger partial charge in [0, 0.05) is 19.6 Å². The summed E-state index contributed by atoms with van der Waals surface area (Å²) in [6, 6.07) is 7.21. The Labute approximate surface area is 121 Å². The third-order valence-corrected chi connectivity index (χ3v) is 5.18. The van der Waals surface area contributed by atoms with E-state index in [4.69, 9.17) is 0 Å². The highest BCUT2D eigenvalue weighted by molar-refractivity contribution is 7.89. The Bertz CT molecular complexity index is 480. The first-order valence-electron chi connectivity index (χ1n) is 6.44. The molecular weight excluding hydrogens is 284 g/mol. The summed E-state index contributed by atoms with van der Waals surface area (Å²) >= 11 is 0. The molecule has 4 nitrogen and oxygen atoms in total. The summed E-state index contributed by atoms with van der Waals surface area (Å²) in [6.45, 7) is 4.83. The summed E-state index contributed by atoms with van der Waals surface area (Å²) in [4.78, 5) is 0.404. The number of hydrogen-bond donors (Lipinski definition) is 1. The molecule has 1 heterocycles. The Morgan fingerprint density at radius 3 is 2.47 bits per heavy atom. The molecule has 1 aliphatic rings. The molecule has 108 valence electrons. The van der Waals surface area contributed by atoms with Crippen molar-refractivity contribution < 1.29 is 8.42 Å². The molecule has 2 rings (SSSR count). The number of rotatable bonds is 3. The normalized spacial score (nSPS) is 17.5. The topological polar surface area (TPSA) is 49.4 Å². The summed E-state index contributed by atoms with van der Waals surface area (Å²) in [7, 11) is -3.32. The molecule has 1 saturated heterocycles. The zero-order chi connectivity index (χ0) is 13.0. The lowest BCUT2D eigenvalue weighted by Crippen LogP contribution is -2.34. The smallest absolute Gasteiger partial charge is 0.243 e. The second kappa shape index (κ2) is 7.24. The van der Waals surface area contributed by atoms with Gasteiger partial charge in [-0.15, -0.1) is 12.4 Å². The summed E-state index contributed by atoms with van der Waals surface area (Å²) in [5, 5.41) is 3.21. The Balaban J connectivity index is 0.00000180. The number of nitrogens with zero attached hydrogens (tertiary/aromatic N) is 1. The van der Waals surface area contributed by atoms with E-state index < -0.39 is 10.0 Å². The molecule has 0 amide bonds. The van der Waals surface area contributed by atoms with E-state index in [9.17, 15) is 8.42 Å². The van der Waals surface area contributed by atoms with Crippen LogP contribution in [0, 0.1) is 0 Å². The van der Waals surface area contributed by atoms with Crippen LogP contribution in [-0.2, 0) is 16.4 Å². The Hall–Kier alpha value is -0.620. The number of halogens is 1. The number of hydrogen-bond acceptors (Lipinski definition) is 3. The maximum Gasteiger partial charge on any atom is 0.243 e. The Kier molecular flexibility index (Phi) is 6.26. The first kappa shape index (κ1) is 16.4. The van der Waals surface area contributed by atoms with E-state index in [1.807, 2.05) is 12.1 Å². The highest BCUT2D eigenvalue weighted by Crippen LogP contribution is 2.17. The molecule has 0 atom stereocenters. The van der Waals surface area contributed by atoms with Gasteiger partial charge >= 0.3 is 0 Å². The molecule has 6 heteroatoms. The fourth-order valence-corrected chi connectivity index (χ4v) is 3.59. The summed E-state index contributed by atoms with van der Waals surface area (Å²) < 4.78 is 26.5. The number of aryl methyl sites for hydroxylation is 1. The average Bonchev–Trinajstić information content (AvgIpc) is 2.68. The highest BCUT2D eigenvalue weighted by Gasteiger charge is 2.24. The minimum absolute atomic E-state index is 0. The Morgan fingerprint density at radius 2 is 1.84 bits per heavy atom. The van der Waals surface area contributed by atoms with Crippen LogP contribution in [0.4, 0.5) is 0 Å². The first-order valence-corrected chi connectivity index (χ1v) is 7.88. The van der Waals surface area contributed by atoms with Crippen molar-refractivity contribution in [2.45, 2.75) is 24.7 Å². The molecular formula is C13H21ClN2O2S. The zero-order valence-electron chi connectivity index (χ0n) is 11.1. The van der Waals surface area contributed by atoms with E-state index in [1.165, 1.54) is 0 Å². The molecule has 1 N–H and O–H groups in total. The average molecular weight is 305 g/mol. The molecule has 1 fully saturated rings. The maximum absolute atomic E-state index is 12.4. The van der Waals surface area contributed by atoms with Gasteiger partial charge in [0.25, 0.3) is 0 Å². The SMILES string of the molecule is CCc1ccc(S(=O)(=O)N2CCCNCC2)cc1.Cl. The zero-order valence-corrected chi connectivity index (χ0v) is 12.8. The molecule has 1 aromatic carbocycles. The van der Waals surface area contributed by atoms with Crippen LogP contribution in [0.2, 0.25) is 0 Å². The van der Waals surface area contributed by atoms with Crippen molar-refractivity contribution in [3.8, 4) is 0 Å². The molecule has 1 aliphatic heterocycles. The minimum atomic E-state index is -3.32. The van der Waals surface area contributed by atoms with E-state index >= 15 is 0 Å². The first-order chi connectivity index (χ1) is 8.64. The van der Waals surface area contributed by atoms with Crippen LogP contribution in [0.5, 0.6) is 0 Å². The lowest BCUT2D eigenvalue weighted by atomic mass is 10.2. The maximum atomic E-state index is 12.4. The van der Waals surface area contributed by atoms with E-state index in [2.05, 4.69) is 12.2 Å². The van der Waals surface area contributed by atoms with Crippen LogP contribution in [0.3, 0.4) is 0 Å². The van der Waals surface area contributed by atoms with Crippen molar-refractivity contribution in [1.82, 2.24) is 9.62 Å². The minimum Gasteiger partial charge on any atom is -0.315 e. The molecule has 0 aromatic heterocycles. The fraction of sp³-hybridized carbons (Fsp3) is 0.538. The molecule has 1 aromatic rings. The molecule has 0 spiro atoms. The van der Waals surface area contributed by atoms with Gasteiger partial charge in [0.1, 0.15) is 0 Å². The molecule has 0 unspecified atom stereocenters. The van der Waals surface area contributed by atoms with Crippen molar-refractivity contribution in [3.63, 3.8) is 0 Å². The van der Waals surface area contributed by atoms with E-state index in [-0.39, 0.29) is 12.4 Å². The van der Waals surface area contributed by atoms with E-state index in [0.717, 1.165) is 31.5 Å². The standard InChI is InChI=1S/C13H20N2O2S.ClH/c1-2-12-4-6-13(7-5-12)18(16,17)15-10-3-8-14-9-11-15;/h4-7,14H,2-3,8-11H2,1H3;1H. The predicted octanol–water partition coefficient (Wildman–Crippen LogP) is 1.65. The van der Waals surface area contributed by atoms with Crippen molar-refractivity contribution >= 4 is 22.4 Å². The van der Waals surface area contributed by atoms with Crippen molar-refractivity contribution in [3.05, 3.63) is 29.8 Å². The van der Waals surface area contributed by atoms with Crippen molar-refractivity contribution in [2.75, 3.05) is 26.2 Å². The number of sulfonamides is 1. The largest absolute Gasteiger partial charge is 0.315 e. The van der Waals surface area contributed by atoms with E-state index in [0.29, 0.717) is 18.0 Å². The van der Waals surface area contributed by atoms with Crippen LogP contribution in [-0.4, -0.2) is 38.9 Å². The third-order valence-electron chi connectivity index (χ3n) is 3.27. The fourth-order valence-electron chi connectivity index (χ4n) is 2.11. The van der Waals surface area contributed by atoms with Crippen molar-refractivity contribution in [2.24, 2.45) is 0 Å². The monoisotopic (exact) mass is 304 g/mol. The molecule has 19 heavy (non-hydrogen) atoms. The van der Waals surface area contributed by atoms with Crippen LogP contribution in [0.15, 0.2) is 29.2 Å². The van der Waals surface area contributed by atoms with Gasteiger partial charge < -0.3 is 5.32 Å². The van der Waals surface area contributed by atoms with Crippen LogP contribution < -0.4 is 5.32 Å². The number of benzene rings is 1. The summed E-state index contributed by atoms with van der Waals surface area (Å²) in [5.41, 5.74) is 1.16. The van der Waals surface area contributed by atoms with Crippen molar-refractivity contribution in [1.29, 1.82) is 0 Å². The molecule has 0 saturated carbocycles. The van der Waals surface area contributed by atoms with Gasteiger partial charge in [-0.05, 0) is 37.1 Å². The van der Waals surface area contributed by atoms with Gasteiger partial charge in [-0.1, -0.05) is 19.1 Å². The van der Waals surface area contributed by atoms with Gasteiger partial charge in [0.15, 0.2) is 0 Å². The lowest BCUT2D eigenvalue weighted by molar-refractivity contribution is 0.432.